The highest BCUT2D eigenvalue weighted by molar-refractivity contribution is 7.98. The zero-order chi connectivity index (χ0) is 21.3. The summed E-state index contributed by atoms with van der Waals surface area (Å²) in [6, 6.07) is 26.1. The van der Waals surface area contributed by atoms with Gasteiger partial charge >= 0.3 is 0 Å². The molecular weight excluding hydrogens is 390 g/mol. The minimum absolute atomic E-state index is 0.0308. The van der Waals surface area contributed by atoms with Crippen molar-refractivity contribution in [2.24, 2.45) is 5.92 Å². The number of carbonyl (C=O) groups excluding carboxylic acids is 1. The summed E-state index contributed by atoms with van der Waals surface area (Å²) in [5, 5.41) is 3.21. The van der Waals surface area contributed by atoms with Crippen LogP contribution in [0.2, 0.25) is 0 Å². The number of thioether (sulfide) groups is 1. The Kier molecular flexibility index (Phi) is 7.97. The van der Waals surface area contributed by atoms with Crippen molar-refractivity contribution in [3.05, 3.63) is 95.6 Å². The molecule has 1 atom stereocenters. The number of benzene rings is 3. The molecule has 0 aromatic heterocycles. The Balaban J connectivity index is 1.64. The molecule has 0 spiro atoms. The number of nitrogens with one attached hydrogen (secondary N) is 1. The predicted octanol–water partition coefficient (Wildman–Crippen LogP) is 6.50. The van der Waals surface area contributed by atoms with E-state index in [1.54, 1.807) is 18.9 Å². The molecule has 0 aliphatic carbocycles. The largest absolute Gasteiger partial charge is 0.497 e. The van der Waals surface area contributed by atoms with E-state index >= 15 is 0 Å². The summed E-state index contributed by atoms with van der Waals surface area (Å²) >= 11 is 1.79. The van der Waals surface area contributed by atoms with Gasteiger partial charge in [-0.1, -0.05) is 56.3 Å². The molecule has 0 heterocycles. The third kappa shape index (κ3) is 6.39. The predicted molar refractivity (Wildman–Crippen MR) is 125 cm³/mol. The van der Waals surface area contributed by atoms with E-state index in [0.29, 0.717) is 11.5 Å². The van der Waals surface area contributed by atoms with Gasteiger partial charge in [0.1, 0.15) is 5.75 Å². The third-order valence-corrected chi connectivity index (χ3v) is 5.98. The van der Waals surface area contributed by atoms with Crippen molar-refractivity contribution in [2.75, 3.05) is 7.11 Å². The fourth-order valence-electron chi connectivity index (χ4n) is 3.26. The van der Waals surface area contributed by atoms with Crippen LogP contribution in [-0.2, 0) is 5.75 Å². The molecule has 3 nitrogen and oxygen atoms in total. The van der Waals surface area contributed by atoms with Crippen molar-refractivity contribution in [1.82, 2.24) is 5.32 Å². The Labute approximate surface area is 183 Å². The minimum Gasteiger partial charge on any atom is -0.497 e. The van der Waals surface area contributed by atoms with Crippen LogP contribution in [0.25, 0.3) is 0 Å². The van der Waals surface area contributed by atoms with E-state index in [-0.39, 0.29) is 11.9 Å². The van der Waals surface area contributed by atoms with Crippen molar-refractivity contribution in [3.63, 3.8) is 0 Å². The standard InChI is InChI=1S/C26H29NO2S/c1-19(2)17-25(21-13-15-23(29-3)16-14-21)27-26(28)22-11-9-20(10-12-22)18-30-24-7-5-4-6-8-24/h4-16,19,25H,17-18H2,1-3H3,(H,27,28)/t25-/m0/s1. The van der Waals surface area contributed by atoms with Crippen LogP contribution < -0.4 is 10.1 Å². The number of rotatable bonds is 9. The summed E-state index contributed by atoms with van der Waals surface area (Å²) in [5.41, 5.74) is 2.98. The molecule has 0 unspecified atom stereocenters. The fraction of sp³-hybridized carbons (Fsp3) is 0.269. The highest BCUT2D eigenvalue weighted by Gasteiger charge is 2.17. The van der Waals surface area contributed by atoms with Crippen LogP contribution >= 0.6 is 11.8 Å². The molecule has 3 aromatic carbocycles. The number of amides is 1. The van der Waals surface area contributed by atoms with Crippen LogP contribution in [0.4, 0.5) is 0 Å². The lowest BCUT2D eigenvalue weighted by atomic mass is 9.96. The van der Waals surface area contributed by atoms with Crippen LogP contribution in [0.3, 0.4) is 0 Å². The third-order valence-electron chi connectivity index (χ3n) is 4.90. The molecule has 0 fully saturated rings. The van der Waals surface area contributed by atoms with Gasteiger partial charge in [0.25, 0.3) is 5.91 Å². The molecule has 3 rings (SSSR count). The first kappa shape index (κ1) is 22.0. The molecule has 0 aliphatic rings. The average Bonchev–Trinajstić information content (AvgIpc) is 2.78. The van der Waals surface area contributed by atoms with Gasteiger partial charge in [-0.2, -0.15) is 0 Å². The van der Waals surface area contributed by atoms with Gasteiger partial charge in [0.15, 0.2) is 0 Å². The average molecular weight is 420 g/mol. The van der Waals surface area contributed by atoms with Crippen LogP contribution in [0, 0.1) is 5.92 Å². The maximum atomic E-state index is 12.9. The van der Waals surface area contributed by atoms with Gasteiger partial charge < -0.3 is 10.1 Å². The number of hydrogen-bond acceptors (Lipinski definition) is 3. The second-order valence-corrected chi connectivity index (χ2v) is 8.78. The van der Waals surface area contributed by atoms with E-state index < -0.39 is 0 Å². The summed E-state index contributed by atoms with van der Waals surface area (Å²) in [7, 11) is 1.66. The van der Waals surface area contributed by atoms with Crippen LogP contribution in [-0.4, -0.2) is 13.0 Å². The van der Waals surface area contributed by atoms with Gasteiger partial charge in [-0.05, 0) is 59.9 Å². The normalized spacial score (nSPS) is 11.9. The maximum Gasteiger partial charge on any atom is 0.251 e. The lowest BCUT2D eigenvalue weighted by molar-refractivity contribution is 0.0932. The Morgan fingerprint density at radius 2 is 1.60 bits per heavy atom. The van der Waals surface area contributed by atoms with Crippen LogP contribution in [0.1, 0.15) is 47.8 Å². The minimum atomic E-state index is -0.0428. The quantitative estimate of drug-likeness (QED) is 0.402. The van der Waals surface area contributed by atoms with Gasteiger partial charge in [-0.3, -0.25) is 4.79 Å². The van der Waals surface area contributed by atoms with E-state index in [0.717, 1.165) is 23.5 Å². The molecule has 156 valence electrons. The number of methoxy groups -OCH3 is 1. The van der Waals surface area contributed by atoms with Crippen LogP contribution in [0.5, 0.6) is 5.75 Å². The summed E-state index contributed by atoms with van der Waals surface area (Å²) in [4.78, 5) is 14.1. The molecule has 0 bridgehead atoms. The van der Waals surface area contributed by atoms with Gasteiger partial charge in [-0.15, -0.1) is 11.8 Å². The summed E-state index contributed by atoms with van der Waals surface area (Å²) in [6.07, 6.45) is 0.879. The molecule has 4 heteroatoms. The van der Waals surface area contributed by atoms with Crippen molar-refractivity contribution >= 4 is 17.7 Å². The molecule has 3 aromatic rings. The smallest absolute Gasteiger partial charge is 0.251 e. The highest BCUT2D eigenvalue weighted by Crippen LogP contribution is 2.25. The van der Waals surface area contributed by atoms with E-state index in [9.17, 15) is 4.79 Å². The number of hydrogen-bond donors (Lipinski definition) is 1. The van der Waals surface area contributed by atoms with E-state index in [2.05, 4.69) is 31.3 Å². The Morgan fingerprint density at radius 3 is 2.20 bits per heavy atom. The van der Waals surface area contributed by atoms with Crippen molar-refractivity contribution in [1.29, 1.82) is 0 Å². The van der Waals surface area contributed by atoms with Crippen LogP contribution in [0.15, 0.2) is 83.8 Å². The molecule has 0 aliphatic heterocycles. The highest BCUT2D eigenvalue weighted by atomic mass is 32.2. The van der Waals surface area contributed by atoms with Gasteiger partial charge in [-0.25, -0.2) is 0 Å². The van der Waals surface area contributed by atoms with Crippen molar-refractivity contribution in [2.45, 2.75) is 37.0 Å². The molecular formula is C26H29NO2S. The van der Waals surface area contributed by atoms with Gasteiger partial charge in [0.05, 0.1) is 13.2 Å². The first-order chi connectivity index (χ1) is 14.5. The molecule has 0 saturated carbocycles. The number of ether oxygens (including phenoxy) is 1. The first-order valence-electron chi connectivity index (χ1n) is 10.3. The van der Waals surface area contributed by atoms with Crippen molar-refractivity contribution in [3.8, 4) is 5.75 Å². The summed E-state index contributed by atoms with van der Waals surface area (Å²) in [5.74, 6) is 2.12. The molecule has 0 radical (unpaired) electrons. The molecule has 1 amide bonds. The summed E-state index contributed by atoms with van der Waals surface area (Å²) < 4.78 is 5.25. The fourth-order valence-corrected chi connectivity index (χ4v) is 4.14. The summed E-state index contributed by atoms with van der Waals surface area (Å²) in [6.45, 7) is 4.34. The molecule has 1 N–H and O–H groups in total. The second-order valence-electron chi connectivity index (χ2n) is 7.73. The second kappa shape index (κ2) is 10.9. The van der Waals surface area contributed by atoms with Crippen molar-refractivity contribution < 1.29 is 9.53 Å². The first-order valence-corrected chi connectivity index (χ1v) is 11.3. The molecule has 30 heavy (non-hydrogen) atoms. The van der Waals surface area contributed by atoms with Gasteiger partial charge in [0, 0.05) is 16.2 Å². The van der Waals surface area contributed by atoms with E-state index in [4.69, 9.17) is 4.74 Å². The van der Waals surface area contributed by atoms with E-state index in [1.165, 1.54) is 10.5 Å². The van der Waals surface area contributed by atoms with E-state index in [1.807, 2.05) is 66.7 Å². The monoisotopic (exact) mass is 419 g/mol. The molecule has 0 saturated heterocycles. The Morgan fingerprint density at radius 1 is 0.933 bits per heavy atom. The maximum absolute atomic E-state index is 12.9. The Hall–Kier alpha value is -2.72. The lowest BCUT2D eigenvalue weighted by Crippen LogP contribution is -2.29. The lowest BCUT2D eigenvalue weighted by Gasteiger charge is -2.21. The Bertz CT molecular complexity index is 922. The zero-order valence-corrected chi connectivity index (χ0v) is 18.6. The zero-order valence-electron chi connectivity index (χ0n) is 17.8. The number of carbonyl (C=O) groups is 1. The SMILES string of the molecule is COc1ccc([C@H](CC(C)C)NC(=O)c2ccc(CSc3ccccc3)cc2)cc1. The van der Waals surface area contributed by atoms with Gasteiger partial charge in [0.2, 0.25) is 0 Å². The topological polar surface area (TPSA) is 38.3 Å².